The molecule has 2 aliphatic carbocycles. The molecule has 0 saturated heterocycles. The third kappa shape index (κ3) is 3.92. The van der Waals surface area contributed by atoms with Gasteiger partial charge in [0.1, 0.15) is 0 Å². The van der Waals surface area contributed by atoms with E-state index in [1.807, 2.05) is 24.3 Å². The zero-order chi connectivity index (χ0) is 16.5. The van der Waals surface area contributed by atoms with Crippen molar-refractivity contribution in [1.29, 1.82) is 0 Å². The van der Waals surface area contributed by atoms with E-state index in [0.29, 0.717) is 39.6 Å². The van der Waals surface area contributed by atoms with Gasteiger partial charge >= 0.3 is 0 Å². The van der Waals surface area contributed by atoms with Crippen LogP contribution in [0.3, 0.4) is 0 Å². The molecule has 7 heteroatoms. The Kier molecular flexibility index (Phi) is 4.50. The summed E-state index contributed by atoms with van der Waals surface area (Å²) in [6, 6.07) is 7.81. The molecule has 1 heterocycles. The summed E-state index contributed by atoms with van der Waals surface area (Å²) in [6.45, 7) is 0. The van der Waals surface area contributed by atoms with Crippen molar-refractivity contribution in [2.24, 2.45) is 11.8 Å². The first-order valence-electron chi connectivity index (χ1n) is 8.29. The van der Waals surface area contributed by atoms with Crippen LogP contribution in [0.1, 0.15) is 25.7 Å². The third-order valence-corrected chi connectivity index (χ3v) is 5.60. The fourth-order valence-corrected chi connectivity index (χ4v) is 3.67. The van der Waals surface area contributed by atoms with Gasteiger partial charge in [-0.3, -0.25) is 9.89 Å². The molecule has 2 aliphatic rings. The van der Waals surface area contributed by atoms with Crippen LogP contribution in [0.25, 0.3) is 11.4 Å². The molecule has 24 heavy (non-hydrogen) atoms. The van der Waals surface area contributed by atoms with Gasteiger partial charge in [0.2, 0.25) is 11.1 Å². The van der Waals surface area contributed by atoms with E-state index in [1.54, 1.807) is 0 Å². The summed E-state index contributed by atoms with van der Waals surface area (Å²) >= 11 is 7.25. The van der Waals surface area contributed by atoms with Crippen molar-refractivity contribution in [2.75, 3.05) is 5.75 Å². The van der Waals surface area contributed by atoms with Gasteiger partial charge in [0.25, 0.3) is 0 Å². The average Bonchev–Trinajstić information content (AvgIpc) is 3.50. The smallest absolute Gasteiger partial charge is 0.230 e. The molecule has 126 valence electrons. The zero-order valence-electron chi connectivity index (χ0n) is 13.2. The quantitative estimate of drug-likeness (QED) is 0.739. The largest absolute Gasteiger partial charge is 0.352 e. The SMILES string of the molecule is O=C(CSc1n[nH]c(-c2ccc(Cl)cc2)n1)NC(C1CC1)C1CC1. The van der Waals surface area contributed by atoms with Crippen molar-refractivity contribution < 1.29 is 4.79 Å². The monoisotopic (exact) mass is 362 g/mol. The molecule has 2 N–H and O–H groups in total. The predicted molar refractivity (Wildman–Crippen MR) is 94.9 cm³/mol. The standard InChI is InChI=1S/C17H19ClN4OS/c18-13-7-5-12(6-8-13)16-20-17(22-21-16)24-9-14(23)19-15(10-1-2-10)11-3-4-11/h5-8,10-11,15H,1-4,9H2,(H,19,23)(H,20,21,22). The van der Waals surface area contributed by atoms with Crippen LogP contribution in [0.2, 0.25) is 5.02 Å². The number of thioether (sulfide) groups is 1. The summed E-state index contributed by atoms with van der Waals surface area (Å²) in [5.74, 6) is 2.55. The number of carbonyl (C=O) groups is 1. The lowest BCUT2D eigenvalue weighted by Crippen LogP contribution is -2.39. The fraction of sp³-hybridized carbons (Fsp3) is 0.471. The molecule has 5 nitrogen and oxygen atoms in total. The van der Waals surface area contributed by atoms with Crippen LogP contribution in [0.5, 0.6) is 0 Å². The molecule has 0 unspecified atom stereocenters. The highest BCUT2D eigenvalue weighted by Gasteiger charge is 2.42. The second kappa shape index (κ2) is 6.76. The molecule has 0 spiro atoms. The number of hydrogen-bond acceptors (Lipinski definition) is 4. The van der Waals surface area contributed by atoms with Crippen molar-refractivity contribution in [3.8, 4) is 11.4 Å². The molecule has 2 fully saturated rings. The minimum absolute atomic E-state index is 0.0849. The summed E-state index contributed by atoms with van der Waals surface area (Å²) < 4.78 is 0. The number of H-pyrrole nitrogens is 1. The average molecular weight is 363 g/mol. The number of halogens is 1. The maximum atomic E-state index is 12.2. The van der Waals surface area contributed by atoms with Crippen molar-refractivity contribution >= 4 is 29.3 Å². The number of aromatic nitrogens is 3. The number of benzene rings is 1. The van der Waals surface area contributed by atoms with Gasteiger partial charge in [-0.25, -0.2) is 4.98 Å². The van der Waals surface area contributed by atoms with Crippen molar-refractivity contribution in [1.82, 2.24) is 20.5 Å². The Balaban J connectivity index is 1.31. The minimum atomic E-state index is 0.0849. The van der Waals surface area contributed by atoms with Gasteiger partial charge in [0.15, 0.2) is 5.82 Å². The van der Waals surface area contributed by atoms with E-state index in [-0.39, 0.29) is 5.91 Å². The molecule has 4 rings (SSSR count). The van der Waals surface area contributed by atoms with Crippen LogP contribution in [-0.4, -0.2) is 32.9 Å². The first-order valence-corrected chi connectivity index (χ1v) is 9.66. The second-order valence-electron chi connectivity index (χ2n) is 6.53. The lowest BCUT2D eigenvalue weighted by atomic mass is 10.1. The van der Waals surface area contributed by atoms with Gasteiger partial charge in [0.05, 0.1) is 5.75 Å². The highest BCUT2D eigenvalue weighted by molar-refractivity contribution is 7.99. The fourth-order valence-electron chi connectivity index (χ4n) is 2.94. The third-order valence-electron chi connectivity index (χ3n) is 4.50. The first kappa shape index (κ1) is 16.0. The molecule has 1 aromatic carbocycles. The summed E-state index contributed by atoms with van der Waals surface area (Å²) in [4.78, 5) is 16.6. The van der Waals surface area contributed by atoms with Crippen LogP contribution < -0.4 is 5.32 Å². The van der Waals surface area contributed by atoms with Gasteiger partial charge in [-0.1, -0.05) is 23.4 Å². The van der Waals surface area contributed by atoms with E-state index >= 15 is 0 Å². The molecule has 2 aromatic rings. The lowest BCUT2D eigenvalue weighted by Gasteiger charge is -2.17. The lowest BCUT2D eigenvalue weighted by molar-refractivity contribution is -0.119. The van der Waals surface area contributed by atoms with Crippen LogP contribution >= 0.6 is 23.4 Å². The maximum absolute atomic E-state index is 12.2. The van der Waals surface area contributed by atoms with Crippen molar-refractivity contribution in [2.45, 2.75) is 36.9 Å². The number of rotatable bonds is 7. The number of nitrogens with zero attached hydrogens (tertiary/aromatic N) is 2. The minimum Gasteiger partial charge on any atom is -0.352 e. The first-order chi connectivity index (χ1) is 11.7. The predicted octanol–water partition coefficient (Wildman–Crippen LogP) is 3.52. The van der Waals surface area contributed by atoms with E-state index in [2.05, 4.69) is 20.5 Å². The van der Waals surface area contributed by atoms with E-state index in [9.17, 15) is 4.79 Å². The van der Waals surface area contributed by atoms with Crippen molar-refractivity contribution in [3.63, 3.8) is 0 Å². The number of nitrogens with one attached hydrogen (secondary N) is 2. The van der Waals surface area contributed by atoms with E-state index in [0.717, 1.165) is 5.56 Å². The number of amides is 1. The maximum Gasteiger partial charge on any atom is 0.230 e. The van der Waals surface area contributed by atoms with Gasteiger partial charge in [-0.2, -0.15) is 0 Å². The van der Waals surface area contributed by atoms with E-state index in [1.165, 1.54) is 37.4 Å². The van der Waals surface area contributed by atoms with Crippen LogP contribution in [-0.2, 0) is 4.79 Å². The molecular weight excluding hydrogens is 344 g/mol. The summed E-state index contributed by atoms with van der Waals surface area (Å²) in [5.41, 5.74) is 0.922. The number of hydrogen-bond donors (Lipinski definition) is 2. The molecule has 1 amide bonds. The van der Waals surface area contributed by atoms with Gasteiger partial charge < -0.3 is 5.32 Å². The van der Waals surface area contributed by atoms with Gasteiger partial charge in [0, 0.05) is 16.6 Å². The number of carbonyl (C=O) groups excluding carboxylic acids is 1. The Morgan fingerprint density at radius 1 is 1.25 bits per heavy atom. The Morgan fingerprint density at radius 2 is 1.92 bits per heavy atom. The molecule has 0 bridgehead atoms. The topological polar surface area (TPSA) is 70.7 Å². The molecule has 0 radical (unpaired) electrons. The van der Waals surface area contributed by atoms with Crippen LogP contribution in [0.15, 0.2) is 29.4 Å². The second-order valence-corrected chi connectivity index (χ2v) is 7.91. The molecule has 0 aliphatic heterocycles. The van der Waals surface area contributed by atoms with Crippen molar-refractivity contribution in [3.05, 3.63) is 29.3 Å². The van der Waals surface area contributed by atoms with Gasteiger partial charge in [-0.05, 0) is 61.8 Å². The molecule has 0 atom stereocenters. The normalized spacial score (nSPS) is 17.2. The number of aromatic amines is 1. The summed E-state index contributed by atoms with van der Waals surface area (Å²) in [6.07, 6.45) is 5.06. The van der Waals surface area contributed by atoms with Crippen LogP contribution in [0.4, 0.5) is 0 Å². The summed E-state index contributed by atoms with van der Waals surface area (Å²) in [5, 5.41) is 11.6. The Hall–Kier alpha value is -1.53. The van der Waals surface area contributed by atoms with Crippen LogP contribution in [0, 0.1) is 11.8 Å². The Morgan fingerprint density at radius 3 is 2.54 bits per heavy atom. The highest BCUT2D eigenvalue weighted by Crippen LogP contribution is 2.44. The Labute approximate surface area is 150 Å². The van der Waals surface area contributed by atoms with E-state index in [4.69, 9.17) is 11.6 Å². The van der Waals surface area contributed by atoms with Gasteiger partial charge in [-0.15, -0.1) is 5.10 Å². The van der Waals surface area contributed by atoms with E-state index < -0.39 is 0 Å². The summed E-state index contributed by atoms with van der Waals surface area (Å²) in [7, 11) is 0. The Bertz CT molecular complexity index is 712. The highest BCUT2D eigenvalue weighted by atomic mass is 35.5. The molecular formula is C17H19ClN4OS. The molecule has 2 saturated carbocycles. The molecule has 1 aromatic heterocycles. The zero-order valence-corrected chi connectivity index (χ0v) is 14.7.